The Bertz CT molecular complexity index is 665. The average molecular weight is 252 g/mol. The largest absolute Gasteiger partial charge is 0.325 e. The minimum Gasteiger partial charge on any atom is -0.313 e. The van der Waals surface area contributed by atoms with Gasteiger partial charge in [0.05, 0.1) is 11.4 Å². The van der Waals surface area contributed by atoms with Crippen molar-refractivity contribution in [3.05, 3.63) is 52.7 Å². The van der Waals surface area contributed by atoms with Gasteiger partial charge in [-0.2, -0.15) is 0 Å². The molecule has 0 saturated carbocycles. The zero-order valence-electron chi connectivity index (χ0n) is 9.25. The lowest BCUT2D eigenvalue weighted by atomic mass is 10.2. The molecule has 2 rings (SSSR count). The van der Waals surface area contributed by atoms with E-state index in [2.05, 4.69) is 4.98 Å². The molecule has 6 heteroatoms. The van der Waals surface area contributed by atoms with Gasteiger partial charge in [0.15, 0.2) is 9.84 Å². The Kier molecular flexibility index (Phi) is 2.89. The smallest absolute Gasteiger partial charge is 0.313 e. The van der Waals surface area contributed by atoms with Crippen molar-refractivity contribution in [2.24, 2.45) is 0 Å². The number of aromatic nitrogens is 2. The molecule has 17 heavy (non-hydrogen) atoms. The summed E-state index contributed by atoms with van der Waals surface area (Å²) in [7, 11) is -3.16. The number of hydrogen-bond donors (Lipinski definition) is 1. The normalized spacial score (nSPS) is 11.6. The van der Waals surface area contributed by atoms with Gasteiger partial charge in [0.25, 0.3) is 0 Å². The summed E-state index contributed by atoms with van der Waals surface area (Å²) >= 11 is 0. The first-order valence-corrected chi connectivity index (χ1v) is 6.89. The van der Waals surface area contributed by atoms with E-state index in [1.54, 1.807) is 36.7 Å². The molecule has 0 aliphatic rings. The van der Waals surface area contributed by atoms with E-state index in [-0.39, 0.29) is 10.6 Å². The topological polar surface area (TPSA) is 71.9 Å². The maximum Gasteiger partial charge on any atom is 0.325 e. The van der Waals surface area contributed by atoms with Gasteiger partial charge in [-0.25, -0.2) is 13.2 Å². The van der Waals surface area contributed by atoms with Gasteiger partial charge < -0.3 is 4.98 Å². The van der Waals surface area contributed by atoms with Crippen LogP contribution in [0, 0.1) is 0 Å². The molecule has 0 spiro atoms. The van der Waals surface area contributed by atoms with Crippen LogP contribution in [0.1, 0.15) is 5.56 Å². The number of nitrogens with one attached hydrogen (secondary N) is 1. The van der Waals surface area contributed by atoms with E-state index < -0.39 is 9.84 Å². The van der Waals surface area contributed by atoms with Gasteiger partial charge in [-0.3, -0.25) is 4.57 Å². The maximum absolute atomic E-state index is 11.3. The summed E-state index contributed by atoms with van der Waals surface area (Å²) < 4.78 is 24.0. The van der Waals surface area contributed by atoms with E-state index in [9.17, 15) is 13.2 Å². The predicted octanol–water partition coefficient (Wildman–Crippen LogP) is 0.628. The highest BCUT2D eigenvalue weighted by Gasteiger charge is 2.06. The van der Waals surface area contributed by atoms with Crippen molar-refractivity contribution in [3.8, 4) is 0 Å². The Balaban J connectivity index is 2.26. The van der Waals surface area contributed by atoms with Crippen LogP contribution >= 0.6 is 0 Å². The quantitative estimate of drug-likeness (QED) is 0.870. The highest BCUT2D eigenvalue weighted by atomic mass is 32.2. The molecule has 0 bridgehead atoms. The highest BCUT2D eigenvalue weighted by molar-refractivity contribution is 7.90. The molecule has 1 aromatic heterocycles. The fourth-order valence-electron chi connectivity index (χ4n) is 1.51. The number of benzene rings is 1. The Morgan fingerprint density at radius 1 is 1.24 bits per heavy atom. The molecule has 90 valence electrons. The minimum absolute atomic E-state index is 0.183. The first kappa shape index (κ1) is 11.7. The van der Waals surface area contributed by atoms with E-state index in [0.29, 0.717) is 6.54 Å². The molecular formula is C11H12N2O3S. The van der Waals surface area contributed by atoms with Gasteiger partial charge in [0, 0.05) is 18.6 Å². The van der Waals surface area contributed by atoms with Gasteiger partial charge in [-0.1, -0.05) is 12.1 Å². The number of nitrogens with zero attached hydrogens (tertiary/aromatic N) is 1. The lowest BCUT2D eigenvalue weighted by molar-refractivity contribution is 0.602. The Morgan fingerprint density at radius 3 is 2.35 bits per heavy atom. The zero-order valence-corrected chi connectivity index (χ0v) is 10.1. The van der Waals surface area contributed by atoms with Crippen molar-refractivity contribution in [3.63, 3.8) is 0 Å². The molecule has 0 aliphatic heterocycles. The third kappa shape index (κ3) is 2.65. The third-order valence-electron chi connectivity index (χ3n) is 2.43. The third-order valence-corrected chi connectivity index (χ3v) is 3.56. The number of sulfone groups is 1. The molecular weight excluding hydrogens is 240 g/mol. The SMILES string of the molecule is CS(=O)(=O)c1ccc(Cn2cc[nH]c2=O)cc1. The second-order valence-electron chi connectivity index (χ2n) is 3.81. The van der Waals surface area contributed by atoms with Crippen LogP contribution in [0.15, 0.2) is 46.3 Å². The van der Waals surface area contributed by atoms with Gasteiger partial charge in [-0.15, -0.1) is 0 Å². The van der Waals surface area contributed by atoms with Crippen LogP contribution in [0.3, 0.4) is 0 Å². The summed E-state index contributed by atoms with van der Waals surface area (Å²) in [6.07, 6.45) is 4.37. The van der Waals surface area contributed by atoms with Crippen molar-refractivity contribution in [2.45, 2.75) is 11.4 Å². The molecule has 0 atom stereocenters. The molecule has 2 aromatic rings. The van der Waals surface area contributed by atoms with Crippen LogP contribution in [0.25, 0.3) is 0 Å². The lowest BCUT2D eigenvalue weighted by Gasteiger charge is -2.03. The number of rotatable bonds is 3. The molecule has 1 aromatic carbocycles. The van der Waals surface area contributed by atoms with E-state index >= 15 is 0 Å². The van der Waals surface area contributed by atoms with Crippen molar-refractivity contribution < 1.29 is 8.42 Å². The second-order valence-corrected chi connectivity index (χ2v) is 5.82. The summed E-state index contributed by atoms with van der Waals surface area (Å²) in [4.78, 5) is 14.1. The van der Waals surface area contributed by atoms with Crippen LogP contribution < -0.4 is 5.69 Å². The molecule has 0 aliphatic carbocycles. The van der Waals surface area contributed by atoms with Crippen LogP contribution in [0.5, 0.6) is 0 Å². The standard InChI is InChI=1S/C11H12N2O3S/c1-17(15,16)10-4-2-9(3-5-10)8-13-7-6-12-11(13)14/h2-7H,8H2,1H3,(H,12,14). The first-order chi connectivity index (χ1) is 7.97. The predicted molar refractivity (Wildman–Crippen MR) is 63.7 cm³/mol. The molecule has 1 heterocycles. The van der Waals surface area contributed by atoms with E-state index in [0.717, 1.165) is 5.56 Å². The highest BCUT2D eigenvalue weighted by Crippen LogP contribution is 2.10. The summed E-state index contributed by atoms with van der Waals surface area (Å²) in [6, 6.07) is 6.50. The molecule has 0 saturated heterocycles. The number of aromatic amines is 1. The van der Waals surface area contributed by atoms with Crippen molar-refractivity contribution in [2.75, 3.05) is 6.26 Å². The monoisotopic (exact) mass is 252 g/mol. The van der Waals surface area contributed by atoms with E-state index in [1.165, 1.54) is 10.8 Å². The number of hydrogen-bond acceptors (Lipinski definition) is 3. The Morgan fingerprint density at radius 2 is 1.88 bits per heavy atom. The fraction of sp³-hybridized carbons (Fsp3) is 0.182. The van der Waals surface area contributed by atoms with Gasteiger partial charge in [0.1, 0.15) is 0 Å². The molecule has 0 unspecified atom stereocenters. The summed E-state index contributed by atoms with van der Waals surface area (Å²) in [6.45, 7) is 0.423. The van der Waals surface area contributed by atoms with Crippen LogP contribution in [0.2, 0.25) is 0 Å². The summed E-state index contributed by atoms with van der Waals surface area (Å²) in [5.41, 5.74) is 0.691. The van der Waals surface area contributed by atoms with Gasteiger partial charge >= 0.3 is 5.69 Å². The minimum atomic E-state index is -3.16. The molecule has 0 radical (unpaired) electrons. The van der Waals surface area contributed by atoms with Crippen LogP contribution in [-0.2, 0) is 16.4 Å². The lowest BCUT2D eigenvalue weighted by Crippen LogP contribution is -2.16. The van der Waals surface area contributed by atoms with Crippen molar-refractivity contribution >= 4 is 9.84 Å². The Hall–Kier alpha value is -1.82. The number of imidazole rings is 1. The number of H-pyrrole nitrogens is 1. The zero-order chi connectivity index (χ0) is 12.5. The maximum atomic E-state index is 11.3. The van der Waals surface area contributed by atoms with Crippen LogP contribution in [0.4, 0.5) is 0 Å². The first-order valence-electron chi connectivity index (χ1n) is 4.99. The van der Waals surface area contributed by atoms with Gasteiger partial charge in [0.2, 0.25) is 0 Å². The average Bonchev–Trinajstić information content (AvgIpc) is 2.64. The van der Waals surface area contributed by atoms with Gasteiger partial charge in [-0.05, 0) is 17.7 Å². The van der Waals surface area contributed by atoms with Crippen molar-refractivity contribution in [1.29, 1.82) is 0 Å². The second kappa shape index (κ2) is 4.21. The van der Waals surface area contributed by atoms with E-state index in [4.69, 9.17) is 0 Å². The van der Waals surface area contributed by atoms with Crippen molar-refractivity contribution in [1.82, 2.24) is 9.55 Å². The fourth-order valence-corrected chi connectivity index (χ4v) is 2.14. The molecule has 1 N–H and O–H groups in total. The van der Waals surface area contributed by atoms with E-state index in [1.807, 2.05) is 0 Å². The molecule has 0 fully saturated rings. The molecule has 0 amide bonds. The Labute approximate surface area is 98.6 Å². The molecule has 5 nitrogen and oxygen atoms in total. The van der Waals surface area contributed by atoms with Crippen LogP contribution in [-0.4, -0.2) is 24.2 Å². The summed E-state index contributed by atoms with van der Waals surface area (Å²) in [5.74, 6) is 0. The summed E-state index contributed by atoms with van der Waals surface area (Å²) in [5, 5.41) is 0.